The molecule has 8 heteroatoms. The minimum absolute atomic E-state index is 0.0350. The Balaban J connectivity index is 1.95. The van der Waals surface area contributed by atoms with Crippen LogP contribution in [0.5, 0.6) is 0 Å². The minimum Gasteiger partial charge on any atom is -0.375 e. The Kier molecular flexibility index (Phi) is 3.34. The Hall–Kier alpha value is -0.960. The maximum absolute atomic E-state index is 12.7. The number of aromatic nitrogens is 2. The molecular formula is C11H18N4O3S. The monoisotopic (exact) mass is 286 g/mol. The number of nitrogens with two attached hydrogens (primary N) is 1. The van der Waals surface area contributed by atoms with E-state index in [0.717, 1.165) is 19.3 Å². The van der Waals surface area contributed by atoms with Gasteiger partial charge in [0, 0.05) is 18.7 Å². The van der Waals surface area contributed by atoms with Crippen LogP contribution in [-0.2, 0) is 21.3 Å². The van der Waals surface area contributed by atoms with Gasteiger partial charge in [-0.1, -0.05) is 0 Å². The number of hydrogen-bond donors (Lipinski definition) is 2. The molecule has 106 valence electrons. The average Bonchev–Trinajstić information content (AvgIpc) is 3.06. The highest BCUT2D eigenvalue weighted by atomic mass is 32.2. The summed E-state index contributed by atoms with van der Waals surface area (Å²) in [7, 11) is -3.56. The van der Waals surface area contributed by atoms with Crippen LogP contribution in [0.3, 0.4) is 0 Å². The summed E-state index contributed by atoms with van der Waals surface area (Å²) in [5, 5.41) is 6.50. The zero-order valence-corrected chi connectivity index (χ0v) is 11.4. The van der Waals surface area contributed by atoms with Crippen molar-refractivity contribution >= 4 is 10.0 Å². The van der Waals surface area contributed by atoms with E-state index in [2.05, 4.69) is 10.2 Å². The lowest BCUT2D eigenvalue weighted by molar-refractivity contribution is -0.0242. The second-order valence-corrected chi connectivity index (χ2v) is 6.78. The standard InChI is InChI=1S/C11H18N4O3S/c12-6-8-7-13-14-11(8)19(16,17)15-4-5-18-10-3-1-2-9(10)15/h7,9-10H,1-6,12H2,(H,13,14). The predicted molar refractivity (Wildman–Crippen MR) is 67.7 cm³/mol. The maximum Gasteiger partial charge on any atom is 0.260 e. The number of ether oxygens (including phenoxy) is 1. The van der Waals surface area contributed by atoms with Crippen molar-refractivity contribution in [1.29, 1.82) is 0 Å². The van der Waals surface area contributed by atoms with Gasteiger partial charge >= 0.3 is 0 Å². The summed E-state index contributed by atoms with van der Waals surface area (Å²) in [5.74, 6) is 0. The molecule has 1 saturated carbocycles. The van der Waals surface area contributed by atoms with Crippen LogP contribution >= 0.6 is 0 Å². The van der Waals surface area contributed by atoms with Gasteiger partial charge in [-0.05, 0) is 19.3 Å². The molecule has 1 aromatic rings. The molecule has 0 amide bonds. The molecule has 3 rings (SSSR count). The Bertz CT molecular complexity index is 556. The average molecular weight is 286 g/mol. The third-order valence-electron chi connectivity index (χ3n) is 3.90. The van der Waals surface area contributed by atoms with E-state index >= 15 is 0 Å². The van der Waals surface area contributed by atoms with Crippen LogP contribution in [0.2, 0.25) is 0 Å². The largest absolute Gasteiger partial charge is 0.375 e. The number of fused-ring (bicyclic) bond motifs is 1. The van der Waals surface area contributed by atoms with Crippen LogP contribution in [0.25, 0.3) is 0 Å². The fraction of sp³-hybridized carbons (Fsp3) is 0.727. The SMILES string of the molecule is NCc1cn[nH]c1S(=O)(=O)N1CCOC2CCCC21. The molecule has 1 aromatic heterocycles. The Labute approximate surface area is 112 Å². The van der Waals surface area contributed by atoms with Crippen LogP contribution < -0.4 is 5.73 Å². The van der Waals surface area contributed by atoms with Gasteiger partial charge < -0.3 is 10.5 Å². The lowest BCUT2D eigenvalue weighted by atomic mass is 10.2. The van der Waals surface area contributed by atoms with Crippen molar-refractivity contribution in [3.05, 3.63) is 11.8 Å². The Morgan fingerprint density at radius 2 is 2.37 bits per heavy atom. The lowest BCUT2D eigenvalue weighted by Gasteiger charge is -2.36. The van der Waals surface area contributed by atoms with Gasteiger partial charge in [-0.15, -0.1) is 0 Å². The van der Waals surface area contributed by atoms with Crippen molar-refractivity contribution in [2.24, 2.45) is 5.73 Å². The molecule has 3 N–H and O–H groups in total. The van der Waals surface area contributed by atoms with Crippen LogP contribution in [0, 0.1) is 0 Å². The molecule has 0 radical (unpaired) electrons. The number of hydrogen-bond acceptors (Lipinski definition) is 5. The number of rotatable bonds is 3. The molecule has 2 fully saturated rings. The Morgan fingerprint density at radius 3 is 3.16 bits per heavy atom. The highest BCUT2D eigenvalue weighted by Gasteiger charge is 2.43. The highest BCUT2D eigenvalue weighted by molar-refractivity contribution is 7.89. The van der Waals surface area contributed by atoms with Crippen LogP contribution in [0.1, 0.15) is 24.8 Å². The van der Waals surface area contributed by atoms with E-state index in [0.29, 0.717) is 18.7 Å². The van der Waals surface area contributed by atoms with E-state index in [-0.39, 0.29) is 23.7 Å². The van der Waals surface area contributed by atoms with E-state index in [9.17, 15) is 8.42 Å². The number of aromatic amines is 1. The van der Waals surface area contributed by atoms with Gasteiger partial charge in [0.25, 0.3) is 10.0 Å². The fourth-order valence-corrected chi connectivity index (χ4v) is 4.76. The summed E-state index contributed by atoms with van der Waals surface area (Å²) in [6.07, 6.45) is 4.31. The van der Waals surface area contributed by atoms with Crippen LogP contribution in [0.4, 0.5) is 0 Å². The normalized spacial score (nSPS) is 28.5. The molecule has 2 aliphatic rings. The first-order chi connectivity index (χ1) is 9.14. The second-order valence-electron chi connectivity index (χ2n) is 4.95. The summed E-state index contributed by atoms with van der Waals surface area (Å²) >= 11 is 0. The number of nitrogens with one attached hydrogen (secondary N) is 1. The topological polar surface area (TPSA) is 101 Å². The molecular weight excluding hydrogens is 268 g/mol. The third-order valence-corrected chi connectivity index (χ3v) is 5.84. The van der Waals surface area contributed by atoms with E-state index in [1.54, 1.807) is 4.31 Å². The molecule has 2 atom stereocenters. The maximum atomic E-state index is 12.7. The molecule has 2 heterocycles. The first-order valence-electron chi connectivity index (χ1n) is 6.50. The zero-order chi connectivity index (χ0) is 13.5. The van der Waals surface area contributed by atoms with Crippen molar-refractivity contribution < 1.29 is 13.2 Å². The second kappa shape index (κ2) is 4.86. The summed E-state index contributed by atoms with van der Waals surface area (Å²) in [6.45, 7) is 1.00. The molecule has 0 spiro atoms. The number of nitrogens with zero attached hydrogens (tertiary/aromatic N) is 2. The number of H-pyrrole nitrogens is 1. The summed E-state index contributed by atoms with van der Waals surface area (Å²) in [6, 6.07) is -0.0484. The van der Waals surface area contributed by atoms with E-state index in [1.807, 2.05) is 0 Å². The summed E-state index contributed by atoms with van der Waals surface area (Å²) < 4.78 is 32.6. The lowest BCUT2D eigenvalue weighted by Crippen LogP contribution is -2.51. The molecule has 0 bridgehead atoms. The van der Waals surface area contributed by atoms with Crippen molar-refractivity contribution in [3.8, 4) is 0 Å². The van der Waals surface area contributed by atoms with Gasteiger partial charge in [-0.25, -0.2) is 8.42 Å². The first-order valence-corrected chi connectivity index (χ1v) is 7.94. The van der Waals surface area contributed by atoms with E-state index < -0.39 is 10.0 Å². The molecule has 7 nitrogen and oxygen atoms in total. The summed E-state index contributed by atoms with van der Waals surface area (Å²) in [4.78, 5) is 0. The molecule has 1 aliphatic heterocycles. The van der Waals surface area contributed by atoms with Gasteiger partial charge in [0.05, 0.1) is 24.9 Å². The van der Waals surface area contributed by atoms with Crippen LogP contribution in [-0.4, -0.2) is 48.2 Å². The van der Waals surface area contributed by atoms with Crippen molar-refractivity contribution in [2.75, 3.05) is 13.2 Å². The molecule has 19 heavy (non-hydrogen) atoms. The summed E-state index contributed by atoms with van der Waals surface area (Å²) in [5.41, 5.74) is 6.09. The zero-order valence-electron chi connectivity index (χ0n) is 10.6. The minimum atomic E-state index is -3.56. The molecule has 2 unspecified atom stereocenters. The number of sulfonamides is 1. The smallest absolute Gasteiger partial charge is 0.260 e. The quantitative estimate of drug-likeness (QED) is 0.802. The van der Waals surface area contributed by atoms with Crippen molar-refractivity contribution in [3.63, 3.8) is 0 Å². The third kappa shape index (κ3) is 2.08. The van der Waals surface area contributed by atoms with Crippen molar-refractivity contribution in [1.82, 2.24) is 14.5 Å². The fourth-order valence-electron chi connectivity index (χ4n) is 2.97. The molecule has 1 saturated heterocycles. The van der Waals surface area contributed by atoms with Gasteiger partial charge in [0.1, 0.15) is 0 Å². The number of morpholine rings is 1. The van der Waals surface area contributed by atoms with E-state index in [1.165, 1.54) is 6.20 Å². The van der Waals surface area contributed by atoms with Gasteiger partial charge in [0.2, 0.25) is 0 Å². The first kappa shape index (κ1) is 13.0. The van der Waals surface area contributed by atoms with Crippen LogP contribution in [0.15, 0.2) is 11.2 Å². The highest BCUT2D eigenvalue weighted by Crippen LogP contribution is 2.33. The Morgan fingerprint density at radius 1 is 1.53 bits per heavy atom. The predicted octanol–water partition coefficient (Wildman–Crippen LogP) is -0.190. The molecule has 0 aromatic carbocycles. The van der Waals surface area contributed by atoms with Gasteiger partial charge in [0.15, 0.2) is 5.03 Å². The van der Waals surface area contributed by atoms with E-state index in [4.69, 9.17) is 10.5 Å². The van der Waals surface area contributed by atoms with Gasteiger partial charge in [-0.2, -0.15) is 9.40 Å². The molecule has 1 aliphatic carbocycles. The van der Waals surface area contributed by atoms with Crippen molar-refractivity contribution in [2.45, 2.75) is 43.0 Å². The van der Waals surface area contributed by atoms with Gasteiger partial charge in [-0.3, -0.25) is 5.10 Å².